The Morgan fingerprint density at radius 3 is 2.23 bits per heavy atom. The van der Waals surface area contributed by atoms with Gasteiger partial charge in [0.05, 0.1) is 0 Å². The minimum atomic E-state index is -0.0262. The summed E-state index contributed by atoms with van der Waals surface area (Å²) in [5.41, 5.74) is 2.92. The average molecular weight is 347 g/mol. The Labute approximate surface area is 155 Å². The maximum Gasteiger partial charge on any atom is 0.273 e. The van der Waals surface area contributed by atoms with Gasteiger partial charge >= 0.3 is 0 Å². The zero-order valence-corrected chi connectivity index (χ0v) is 15.6. The van der Waals surface area contributed by atoms with Crippen molar-refractivity contribution in [2.45, 2.75) is 20.0 Å². The molecule has 4 nitrogen and oxygen atoms in total. The molecule has 0 spiro atoms. The van der Waals surface area contributed by atoms with Crippen LogP contribution in [0.25, 0.3) is 10.8 Å². The number of pyridine rings is 1. The van der Waals surface area contributed by atoms with E-state index in [1.165, 1.54) is 5.56 Å². The largest absolute Gasteiger partial charge is 0.333 e. The van der Waals surface area contributed by atoms with E-state index in [0.29, 0.717) is 18.8 Å². The van der Waals surface area contributed by atoms with Crippen LogP contribution in [0.1, 0.15) is 28.5 Å². The summed E-state index contributed by atoms with van der Waals surface area (Å²) in [6.45, 7) is 4.14. The number of nitrogens with zero attached hydrogens (tertiary/aromatic N) is 3. The normalized spacial score (nSPS) is 11.1. The monoisotopic (exact) mass is 347 g/mol. The lowest BCUT2D eigenvalue weighted by Gasteiger charge is -2.21. The van der Waals surface area contributed by atoms with Gasteiger partial charge in [-0.25, -0.2) is 0 Å². The van der Waals surface area contributed by atoms with E-state index in [1.54, 1.807) is 6.20 Å². The quantitative estimate of drug-likeness (QED) is 0.677. The van der Waals surface area contributed by atoms with Crippen molar-refractivity contribution in [2.24, 2.45) is 0 Å². The predicted octanol–water partition coefficient (Wildman–Crippen LogP) is 3.96. The number of hydrogen-bond acceptors (Lipinski definition) is 3. The van der Waals surface area contributed by atoms with E-state index < -0.39 is 0 Å². The molecule has 0 aliphatic heterocycles. The second kappa shape index (κ2) is 8.11. The van der Waals surface area contributed by atoms with Gasteiger partial charge in [-0.2, -0.15) is 0 Å². The van der Waals surface area contributed by atoms with Crippen LogP contribution >= 0.6 is 0 Å². The lowest BCUT2D eigenvalue weighted by atomic mass is 10.1. The minimum Gasteiger partial charge on any atom is -0.333 e. The Bertz CT molecular complexity index is 882. The van der Waals surface area contributed by atoms with Crippen LogP contribution in [-0.4, -0.2) is 41.3 Å². The molecular formula is C22H25N3O. The Hall–Kier alpha value is -2.72. The first-order chi connectivity index (χ1) is 12.6. The second-order valence-corrected chi connectivity index (χ2v) is 6.75. The number of benzene rings is 2. The standard InChI is InChI=1S/C22H25N3O/c1-4-25(16-18-11-9-17(10-12-18)15-24(2)3)22(26)21-20-8-6-5-7-19(20)13-14-23-21/h5-14H,4,15-16H2,1-3H3. The first-order valence-electron chi connectivity index (χ1n) is 8.94. The highest BCUT2D eigenvalue weighted by molar-refractivity contribution is 6.05. The van der Waals surface area contributed by atoms with Gasteiger partial charge in [0.25, 0.3) is 5.91 Å². The van der Waals surface area contributed by atoms with Crippen molar-refractivity contribution >= 4 is 16.7 Å². The lowest BCUT2D eigenvalue weighted by Crippen LogP contribution is -2.31. The Morgan fingerprint density at radius 2 is 1.58 bits per heavy atom. The van der Waals surface area contributed by atoms with Gasteiger partial charge in [-0.3, -0.25) is 9.78 Å². The van der Waals surface area contributed by atoms with Gasteiger partial charge in [0.15, 0.2) is 0 Å². The summed E-state index contributed by atoms with van der Waals surface area (Å²) in [7, 11) is 4.12. The molecule has 1 heterocycles. The molecule has 3 aromatic rings. The summed E-state index contributed by atoms with van der Waals surface area (Å²) in [6.07, 6.45) is 1.71. The third kappa shape index (κ3) is 4.09. The summed E-state index contributed by atoms with van der Waals surface area (Å²) in [6, 6.07) is 18.3. The number of aromatic nitrogens is 1. The molecule has 0 atom stereocenters. The van der Waals surface area contributed by atoms with Gasteiger partial charge < -0.3 is 9.80 Å². The zero-order valence-electron chi connectivity index (χ0n) is 15.6. The molecule has 4 heteroatoms. The van der Waals surface area contributed by atoms with Crippen LogP contribution in [-0.2, 0) is 13.1 Å². The van der Waals surface area contributed by atoms with Crippen LogP contribution in [0.4, 0.5) is 0 Å². The third-order valence-electron chi connectivity index (χ3n) is 4.44. The maximum atomic E-state index is 13.1. The smallest absolute Gasteiger partial charge is 0.273 e. The van der Waals surface area contributed by atoms with E-state index in [1.807, 2.05) is 42.2 Å². The third-order valence-corrected chi connectivity index (χ3v) is 4.44. The molecule has 1 amide bonds. The number of hydrogen-bond donors (Lipinski definition) is 0. The van der Waals surface area contributed by atoms with E-state index in [2.05, 4.69) is 48.2 Å². The fourth-order valence-electron chi connectivity index (χ4n) is 3.10. The van der Waals surface area contributed by atoms with E-state index >= 15 is 0 Å². The highest BCUT2D eigenvalue weighted by Gasteiger charge is 2.18. The van der Waals surface area contributed by atoms with Crippen molar-refractivity contribution in [3.05, 3.63) is 77.6 Å². The fraction of sp³-hybridized carbons (Fsp3) is 0.273. The molecule has 0 radical (unpaired) electrons. The van der Waals surface area contributed by atoms with Crippen molar-refractivity contribution in [3.63, 3.8) is 0 Å². The number of rotatable bonds is 6. The highest BCUT2D eigenvalue weighted by atomic mass is 16.2. The van der Waals surface area contributed by atoms with Crippen molar-refractivity contribution in [1.29, 1.82) is 0 Å². The van der Waals surface area contributed by atoms with E-state index in [4.69, 9.17) is 0 Å². The van der Waals surface area contributed by atoms with E-state index in [0.717, 1.165) is 22.9 Å². The molecule has 3 rings (SSSR count). The van der Waals surface area contributed by atoms with Crippen molar-refractivity contribution in [1.82, 2.24) is 14.8 Å². The van der Waals surface area contributed by atoms with Gasteiger partial charge in [-0.15, -0.1) is 0 Å². The summed E-state index contributed by atoms with van der Waals surface area (Å²) >= 11 is 0. The van der Waals surface area contributed by atoms with Crippen LogP contribution in [0.3, 0.4) is 0 Å². The van der Waals surface area contributed by atoms with Gasteiger partial charge in [-0.1, -0.05) is 48.5 Å². The van der Waals surface area contributed by atoms with E-state index in [-0.39, 0.29) is 5.91 Å². The van der Waals surface area contributed by atoms with Crippen LogP contribution in [0.2, 0.25) is 0 Å². The second-order valence-electron chi connectivity index (χ2n) is 6.75. The molecule has 1 aromatic heterocycles. The number of fused-ring (bicyclic) bond motifs is 1. The van der Waals surface area contributed by atoms with Crippen molar-refractivity contribution in [2.75, 3.05) is 20.6 Å². The van der Waals surface area contributed by atoms with Gasteiger partial charge in [-0.05, 0) is 43.6 Å². The predicted molar refractivity (Wildman–Crippen MR) is 106 cm³/mol. The molecule has 2 aromatic carbocycles. The van der Waals surface area contributed by atoms with Crippen molar-refractivity contribution < 1.29 is 4.79 Å². The Kier molecular flexibility index (Phi) is 5.64. The van der Waals surface area contributed by atoms with E-state index in [9.17, 15) is 4.79 Å². The zero-order chi connectivity index (χ0) is 18.5. The van der Waals surface area contributed by atoms with Crippen molar-refractivity contribution in [3.8, 4) is 0 Å². The molecule has 0 unspecified atom stereocenters. The lowest BCUT2D eigenvalue weighted by molar-refractivity contribution is 0.0749. The SMILES string of the molecule is CCN(Cc1ccc(CN(C)C)cc1)C(=O)c1nccc2ccccc12. The molecule has 0 N–H and O–H groups in total. The number of carbonyl (C=O) groups is 1. The van der Waals surface area contributed by atoms with Crippen LogP contribution < -0.4 is 0 Å². The Morgan fingerprint density at radius 1 is 0.923 bits per heavy atom. The summed E-state index contributed by atoms with van der Waals surface area (Å²) in [5, 5.41) is 1.94. The first kappa shape index (κ1) is 18.1. The first-order valence-corrected chi connectivity index (χ1v) is 8.94. The molecular weight excluding hydrogens is 322 g/mol. The number of amides is 1. The van der Waals surface area contributed by atoms with Crippen LogP contribution in [0.5, 0.6) is 0 Å². The summed E-state index contributed by atoms with van der Waals surface area (Å²) in [5.74, 6) is -0.0262. The molecule has 0 aliphatic carbocycles. The molecule has 0 saturated carbocycles. The van der Waals surface area contributed by atoms with Crippen LogP contribution in [0, 0.1) is 0 Å². The molecule has 134 valence electrons. The summed E-state index contributed by atoms with van der Waals surface area (Å²) < 4.78 is 0. The molecule has 26 heavy (non-hydrogen) atoms. The van der Waals surface area contributed by atoms with Gasteiger partial charge in [0.2, 0.25) is 0 Å². The fourth-order valence-corrected chi connectivity index (χ4v) is 3.10. The van der Waals surface area contributed by atoms with Crippen LogP contribution in [0.15, 0.2) is 60.8 Å². The molecule has 0 bridgehead atoms. The summed E-state index contributed by atoms with van der Waals surface area (Å²) in [4.78, 5) is 21.4. The highest BCUT2D eigenvalue weighted by Crippen LogP contribution is 2.19. The van der Waals surface area contributed by atoms with Gasteiger partial charge in [0, 0.05) is 31.2 Å². The average Bonchev–Trinajstić information content (AvgIpc) is 2.66. The molecule has 0 aliphatic rings. The topological polar surface area (TPSA) is 36.4 Å². The number of carbonyl (C=O) groups excluding carboxylic acids is 1. The molecule has 0 fully saturated rings. The van der Waals surface area contributed by atoms with Gasteiger partial charge in [0.1, 0.15) is 5.69 Å². The maximum absolute atomic E-state index is 13.1. The molecule has 0 saturated heterocycles. The minimum absolute atomic E-state index is 0.0262. The Balaban J connectivity index is 1.81.